The van der Waals surface area contributed by atoms with Crippen LogP contribution in [0.5, 0.6) is 0 Å². The summed E-state index contributed by atoms with van der Waals surface area (Å²) in [6.45, 7) is 0. The van der Waals surface area contributed by atoms with Crippen LogP contribution in [0.2, 0.25) is 0 Å². The first-order valence-corrected chi connectivity index (χ1v) is 8.27. The van der Waals surface area contributed by atoms with E-state index in [1.54, 1.807) is 6.20 Å². The number of carbonyl (C=O) groups is 1. The zero-order valence-electron chi connectivity index (χ0n) is 12.4. The highest BCUT2D eigenvalue weighted by Gasteiger charge is 2.37. The van der Waals surface area contributed by atoms with Gasteiger partial charge in [0.05, 0.1) is 5.54 Å². The SMILES string of the molecule is NC1(C(=O)Nc2ncc(Cc3ccc(F)c(F)c3)s2)CCCC1. The Kier molecular flexibility index (Phi) is 4.41. The molecule has 1 aromatic carbocycles. The molecule has 0 radical (unpaired) electrons. The van der Waals surface area contributed by atoms with E-state index in [0.29, 0.717) is 30.0 Å². The third-order valence-corrected chi connectivity index (χ3v) is 5.00. The largest absolute Gasteiger partial charge is 0.317 e. The zero-order valence-corrected chi connectivity index (χ0v) is 13.3. The minimum Gasteiger partial charge on any atom is -0.317 e. The van der Waals surface area contributed by atoms with Crippen LogP contribution in [0, 0.1) is 11.6 Å². The summed E-state index contributed by atoms with van der Waals surface area (Å²) in [5, 5.41) is 3.24. The normalized spacial score (nSPS) is 16.5. The van der Waals surface area contributed by atoms with Crippen molar-refractivity contribution in [2.24, 2.45) is 5.73 Å². The van der Waals surface area contributed by atoms with Crippen LogP contribution < -0.4 is 11.1 Å². The number of halogens is 2. The number of aromatic nitrogens is 1. The first-order chi connectivity index (χ1) is 11.0. The van der Waals surface area contributed by atoms with Crippen molar-refractivity contribution < 1.29 is 13.6 Å². The number of hydrogen-bond acceptors (Lipinski definition) is 4. The number of nitrogens with one attached hydrogen (secondary N) is 1. The summed E-state index contributed by atoms with van der Waals surface area (Å²) in [6.07, 6.45) is 5.35. The van der Waals surface area contributed by atoms with Crippen molar-refractivity contribution in [1.29, 1.82) is 0 Å². The molecule has 1 heterocycles. The second kappa shape index (κ2) is 6.33. The summed E-state index contributed by atoms with van der Waals surface area (Å²) in [4.78, 5) is 17.2. The van der Waals surface area contributed by atoms with Crippen molar-refractivity contribution in [3.8, 4) is 0 Å². The molecule has 1 fully saturated rings. The second-order valence-electron chi connectivity index (χ2n) is 5.87. The third kappa shape index (κ3) is 3.56. The Hall–Kier alpha value is -1.86. The van der Waals surface area contributed by atoms with E-state index in [-0.39, 0.29) is 5.91 Å². The van der Waals surface area contributed by atoms with Crippen LogP contribution in [0.25, 0.3) is 0 Å². The molecule has 1 amide bonds. The maximum Gasteiger partial charge on any atom is 0.246 e. The number of amides is 1. The molecule has 122 valence electrons. The van der Waals surface area contributed by atoms with E-state index in [1.807, 2.05) is 0 Å². The van der Waals surface area contributed by atoms with Crippen LogP contribution in [-0.2, 0) is 11.2 Å². The fourth-order valence-corrected chi connectivity index (χ4v) is 3.59. The molecule has 1 aliphatic rings. The van der Waals surface area contributed by atoms with Crippen molar-refractivity contribution in [3.63, 3.8) is 0 Å². The smallest absolute Gasteiger partial charge is 0.246 e. The van der Waals surface area contributed by atoms with Gasteiger partial charge in [0.1, 0.15) is 0 Å². The van der Waals surface area contributed by atoms with Gasteiger partial charge >= 0.3 is 0 Å². The van der Waals surface area contributed by atoms with Gasteiger partial charge in [-0.05, 0) is 30.5 Å². The molecule has 3 rings (SSSR count). The quantitative estimate of drug-likeness (QED) is 0.900. The van der Waals surface area contributed by atoms with Gasteiger partial charge in [-0.15, -0.1) is 11.3 Å². The van der Waals surface area contributed by atoms with E-state index in [1.165, 1.54) is 23.5 Å². The molecule has 0 spiro atoms. The average molecular weight is 337 g/mol. The van der Waals surface area contributed by atoms with Gasteiger partial charge in [-0.3, -0.25) is 4.79 Å². The standard InChI is InChI=1S/C16H17F2N3OS/c17-12-4-3-10(8-13(12)18)7-11-9-20-15(23-11)21-14(22)16(19)5-1-2-6-16/h3-4,8-9H,1-2,5-7,19H2,(H,20,21,22). The lowest BCUT2D eigenvalue weighted by molar-refractivity contribution is -0.121. The Labute approximate surface area is 136 Å². The monoisotopic (exact) mass is 337 g/mol. The third-order valence-electron chi connectivity index (χ3n) is 4.08. The molecule has 1 aliphatic carbocycles. The summed E-state index contributed by atoms with van der Waals surface area (Å²) < 4.78 is 26.1. The average Bonchev–Trinajstić information content (AvgIpc) is 3.13. The van der Waals surface area contributed by atoms with Gasteiger partial charge in [-0.1, -0.05) is 18.9 Å². The Morgan fingerprint density at radius 2 is 2.04 bits per heavy atom. The fourth-order valence-electron chi connectivity index (χ4n) is 2.75. The number of hydrogen-bond donors (Lipinski definition) is 2. The minimum absolute atomic E-state index is 0.205. The molecule has 4 nitrogen and oxygen atoms in total. The molecule has 0 bridgehead atoms. The van der Waals surface area contributed by atoms with E-state index in [0.717, 1.165) is 23.8 Å². The summed E-state index contributed by atoms with van der Waals surface area (Å²) in [5.74, 6) is -1.94. The van der Waals surface area contributed by atoms with Gasteiger partial charge < -0.3 is 11.1 Å². The van der Waals surface area contributed by atoms with Crippen LogP contribution in [0.1, 0.15) is 36.1 Å². The van der Waals surface area contributed by atoms with Crippen molar-refractivity contribution in [3.05, 3.63) is 46.5 Å². The Morgan fingerprint density at radius 3 is 2.74 bits per heavy atom. The Bertz CT molecular complexity index is 726. The Balaban J connectivity index is 1.66. The zero-order chi connectivity index (χ0) is 16.4. The maximum absolute atomic E-state index is 13.2. The number of thiazole rings is 1. The molecule has 0 atom stereocenters. The van der Waals surface area contributed by atoms with Crippen LogP contribution in [0.15, 0.2) is 24.4 Å². The molecule has 0 aliphatic heterocycles. The van der Waals surface area contributed by atoms with Gasteiger partial charge in [-0.2, -0.15) is 0 Å². The van der Waals surface area contributed by atoms with Crippen molar-refractivity contribution in [2.45, 2.75) is 37.6 Å². The van der Waals surface area contributed by atoms with E-state index < -0.39 is 17.2 Å². The molecular weight excluding hydrogens is 320 g/mol. The molecule has 2 aromatic rings. The number of rotatable bonds is 4. The van der Waals surface area contributed by atoms with E-state index in [2.05, 4.69) is 10.3 Å². The molecule has 0 saturated heterocycles. The number of benzene rings is 1. The highest BCUT2D eigenvalue weighted by atomic mass is 32.1. The first kappa shape index (κ1) is 16.0. The van der Waals surface area contributed by atoms with E-state index in [9.17, 15) is 13.6 Å². The molecule has 1 saturated carbocycles. The van der Waals surface area contributed by atoms with Crippen LogP contribution in [0.4, 0.5) is 13.9 Å². The molecule has 7 heteroatoms. The molecular formula is C16H17F2N3OS. The number of nitrogens with two attached hydrogens (primary N) is 1. The molecule has 3 N–H and O–H groups in total. The summed E-state index contributed by atoms with van der Waals surface area (Å²) in [6, 6.07) is 3.80. The summed E-state index contributed by atoms with van der Waals surface area (Å²) >= 11 is 1.31. The highest BCUT2D eigenvalue weighted by molar-refractivity contribution is 7.15. The van der Waals surface area contributed by atoms with Crippen molar-refractivity contribution >= 4 is 22.4 Å². The summed E-state index contributed by atoms with van der Waals surface area (Å²) in [7, 11) is 0. The van der Waals surface area contributed by atoms with Crippen LogP contribution >= 0.6 is 11.3 Å². The second-order valence-corrected chi connectivity index (χ2v) is 6.99. The topological polar surface area (TPSA) is 68.0 Å². The fraction of sp³-hybridized carbons (Fsp3) is 0.375. The van der Waals surface area contributed by atoms with Gasteiger partial charge in [0.2, 0.25) is 5.91 Å². The molecule has 1 aromatic heterocycles. The molecule has 23 heavy (non-hydrogen) atoms. The first-order valence-electron chi connectivity index (χ1n) is 7.45. The van der Waals surface area contributed by atoms with Crippen LogP contribution in [-0.4, -0.2) is 16.4 Å². The predicted molar refractivity (Wildman–Crippen MR) is 85.3 cm³/mol. The lowest BCUT2D eigenvalue weighted by Gasteiger charge is -2.21. The highest BCUT2D eigenvalue weighted by Crippen LogP contribution is 2.29. The predicted octanol–water partition coefficient (Wildman–Crippen LogP) is 3.22. The maximum atomic E-state index is 13.2. The molecule has 0 unspecified atom stereocenters. The van der Waals surface area contributed by atoms with Crippen molar-refractivity contribution in [2.75, 3.05) is 5.32 Å². The minimum atomic E-state index is -0.869. The number of nitrogens with zero attached hydrogens (tertiary/aromatic N) is 1. The van der Waals surface area contributed by atoms with E-state index in [4.69, 9.17) is 5.73 Å². The Morgan fingerprint density at radius 1 is 1.30 bits per heavy atom. The summed E-state index contributed by atoms with van der Waals surface area (Å²) in [5.41, 5.74) is 5.95. The van der Waals surface area contributed by atoms with Crippen LogP contribution in [0.3, 0.4) is 0 Å². The van der Waals surface area contributed by atoms with E-state index >= 15 is 0 Å². The number of carbonyl (C=O) groups excluding carboxylic acids is 1. The van der Waals surface area contributed by atoms with Crippen molar-refractivity contribution in [1.82, 2.24) is 4.98 Å². The van der Waals surface area contributed by atoms with Gasteiger partial charge in [-0.25, -0.2) is 13.8 Å². The lowest BCUT2D eigenvalue weighted by Crippen LogP contribution is -2.48. The number of anilines is 1. The van der Waals surface area contributed by atoms with Gasteiger partial charge in [0.15, 0.2) is 16.8 Å². The van der Waals surface area contributed by atoms with Gasteiger partial charge in [0.25, 0.3) is 0 Å². The van der Waals surface area contributed by atoms with Gasteiger partial charge in [0, 0.05) is 17.5 Å². The lowest BCUT2D eigenvalue weighted by atomic mass is 9.98.